The Morgan fingerprint density at radius 3 is 2.29 bits per heavy atom. The van der Waals surface area contributed by atoms with Gasteiger partial charge in [-0.2, -0.15) is 0 Å². The third-order valence-corrected chi connectivity index (χ3v) is 6.49. The quantitative estimate of drug-likeness (QED) is 0.491. The molecule has 0 saturated carbocycles. The lowest BCUT2D eigenvalue weighted by molar-refractivity contribution is 0.320. The van der Waals surface area contributed by atoms with Gasteiger partial charge in [0.2, 0.25) is 0 Å². The molecule has 2 aromatic rings. The number of anilines is 1. The summed E-state index contributed by atoms with van der Waals surface area (Å²) in [4.78, 5) is 0.931. The largest absolute Gasteiger partial charge is 0.355 e. The highest BCUT2D eigenvalue weighted by Gasteiger charge is 2.25. The Morgan fingerprint density at radius 1 is 1.05 bits per heavy atom. The van der Waals surface area contributed by atoms with E-state index in [1.54, 1.807) is 0 Å². The van der Waals surface area contributed by atoms with E-state index in [1.165, 1.54) is 11.4 Å². The van der Waals surface area contributed by atoms with Crippen LogP contribution in [0.1, 0.15) is 19.8 Å². The Bertz CT molecular complexity index is 532. The first-order chi connectivity index (χ1) is 10.2. The van der Waals surface area contributed by atoms with Crippen LogP contribution in [0.4, 0.5) is 5.69 Å². The van der Waals surface area contributed by atoms with Crippen LogP contribution in [-0.4, -0.2) is 6.61 Å². The number of hydrogen-bond acceptors (Lipinski definition) is 3. The fraction of sp³-hybridized carbons (Fsp3) is 0.250. The second-order valence-corrected chi connectivity index (χ2v) is 8.69. The molecule has 0 spiro atoms. The van der Waals surface area contributed by atoms with E-state index in [0.717, 1.165) is 23.4 Å². The summed E-state index contributed by atoms with van der Waals surface area (Å²) < 4.78 is 18.7. The minimum absolute atomic E-state index is 0.493. The monoisotopic (exact) mass is 321 g/mol. The van der Waals surface area contributed by atoms with Crippen LogP contribution in [0.2, 0.25) is 0 Å². The molecule has 0 aliphatic rings. The number of hydrogen-bond donors (Lipinski definition) is 1. The van der Waals surface area contributed by atoms with Crippen molar-refractivity contribution < 1.29 is 9.09 Å². The van der Waals surface area contributed by atoms with Crippen LogP contribution in [0.5, 0.6) is 0 Å². The Balaban J connectivity index is 2.11. The van der Waals surface area contributed by atoms with Crippen LogP contribution in [0.15, 0.2) is 65.6 Å². The maximum absolute atomic E-state index is 13.1. The average molecular weight is 321 g/mol. The first-order valence-corrected chi connectivity index (χ1v) is 10.1. The molecule has 0 aromatic heterocycles. The van der Waals surface area contributed by atoms with Crippen molar-refractivity contribution in [3.05, 3.63) is 60.7 Å². The van der Waals surface area contributed by atoms with Crippen molar-refractivity contribution in [2.45, 2.75) is 24.7 Å². The van der Waals surface area contributed by atoms with Gasteiger partial charge in [-0.05, 0) is 42.1 Å². The molecule has 2 aromatic carbocycles. The van der Waals surface area contributed by atoms with Gasteiger partial charge in [-0.25, -0.2) is 0 Å². The molecule has 0 amide bonds. The standard InChI is InChI=1S/C16H20NO2PS/c1-2-3-14-19-20(18,17-15-10-6-4-7-11-15)21-16-12-8-5-9-13-16/h4-13H,2-3,14H2,1H3,(H,17,18). The fourth-order valence-corrected chi connectivity index (χ4v) is 5.29. The normalized spacial score (nSPS) is 13.6. The lowest BCUT2D eigenvalue weighted by atomic mass is 10.3. The van der Waals surface area contributed by atoms with Crippen LogP contribution in [0.3, 0.4) is 0 Å². The summed E-state index contributed by atoms with van der Waals surface area (Å²) >= 11 is 1.26. The summed E-state index contributed by atoms with van der Waals surface area (Å²) in [5, 5.41) is 3.06. The van der Waals surface area contributed by atoms with Gasteiger partial charge in [0.05, 0.1) is 6.61 Å². The van der Waals surface area contributed by atoms with Gasteiger partial charge in [0, 0.05) is 10.6 Å². The summed E-state index contributed by atoms with van der Waals surface area (Å²) in [6.07, 6.45) is 1.91. The first-order valence-electron chi connectivity index (χ1n) is 7.04. The Hall–Kier alpha value is -1.22. The molecule has 112 valence electrons. The van der Waals surface area contributed by atoms with E-state index in [4.69, 9.17) is 4.52 Å². The summed E-state index contributed by atoms with van der Waals surface area (Å²) in [5.74, 6) is 0. The van der Waals surface area contributed by atoms with Crippen LogP contribution in [0, 0.1) is 0 Å². The third-order valence-electron chi connectivity index (χ3n) is 2.77. The maximum atomic E-state index is 13.1. The highest BCUT2D eigenvalue weighted by molar-refractivity contribution is 8.57. The van der Waals surface area contributed by atoms with Crippen molar-refractivity contribution in [3.63, 3.8) is 0 Å². The van der Waals surface area contributed by atoms with E-state index in [2.05, 4.69) is 12.0 Å². The molecule has 1 atom stereocenters. The zero-order valence-corrected chi connectivity index (χ0v) is 13.8. The van der Waals surface area contributed by atoms with Crippen LogP contribution < -0.4 is 5.09 Å². The highest BCUT2D eigenvalue weighted by atomic mass is 32.7. The molecular formula is C16H20NO2PS. The zero-order chi connectivity index (χ0) is 15.0. The van der Waals surface area contributed by atoms with Gasteiger partial charge in [-0.15, -0.1) is 0 Å². The minimum atomic E-state index is -3.03. The van der Waals surface area contributed by atoms with Gasteiger partial charge in [0.1, 0.15) is 0 Å². The van der Waals surface area contributed by atoms with Crippen LogP contribution >= 0.6 is 18.1 Å². The van der Waals surface area contributed by atoms with Crippen molar-refractivity contribution in [1.29, 1.82) is 0 Å². The molecule has 5 heteroatoms. The molecule has 0 bridgehead atoms. The number of rotatable bonds is 8. The number of unbranched alkanes of at least 4 members (excludes halogenated alkanes) is 1. The molecule has 0 aliphatic carbocycles. The Morgan fingerprint density at radius 2 is 1.67 bits per heavy atom. The lowest BCUT2D eigenvalue weighted by Gasteiger charge is -2.19. The van der Waals surface area contributed by atoms with Gasteiger partial charge in [-0.3, -0.25) is 4.57 Å². The van der Waals surface area contributed by atoms with Crippen molar-refractivity contribution in [2.24, 2.45) is 0 Å². The molecular weight excluding hydrogens is 301 g/mol. The van der Waals surface area contributed by atoms with Crippen LogP contribution in [-0.2, 0) is 9.09 Å². The van der Waals surface area contributed by atoms with Gasteiger partial charge in [-0.1, -0.05) is 49.7 Å². The fourth-order valence-electron chi connectivity index (χ4n) is 1.70. The minimum Gasteiger partial charge on any atom is -0.307 e. The summed E-state index contributed by atoms with van der Waals surface area (Å²) in [7, 11) is 0. The second kappa shape index (κ2) is 8.28. The van der Waals surface area contributed by atoms with Gasteiger partial charge >= 0.3 is 6.72 Å². The number of para-hydroxylation sites is 1. The Labute approximate surface area is 130 Å². The van der Waals surface area contributed by atoms with E-state index in [0.29, 0.717) is 6.61 Å². The summed E-state index contributed by atoms with van der Waals surface area (Å²) in [5.41, 5.74) is 0.806. The van der Waals surface area contributed by atoms with Crippen molar-refractivity contribution in [2.75, 3.05) is 11.7 Å². The molecule has 0 saturated heterocycles. The summed E-state index contributed by atoms with van der Waals surface area (Å²) in [6.45, 7) is -0.446. The van der Waals surface area contributed by atoms with E-state index < -0.39 is 6.72 Å². The SMILES string of the molecule is CCCCOP(=O)(Nc1ccccc1)Sc1ccccc1. The van der Waals surface area contributed by atoms with Crippen LogP contribution in [0.25, 0.3) is 0 Å². The van der Waals surface area contributed by atoms with Crippen molar-refractivity contribution >= 4 is 23.8 Å². The number of benzene rings is 2. The molecule has 0 heterocycles. The third kappa shape index (κ3) is 5.58. The molecule has 3 nitrogen and oxygen atoms in total. The molecule has 0 aliphatic heterocycles. The van der Waals surface area contributed by atoms with Gasteiger partial charge < -0.3 is 9.61 Å². The first kappa shape index (κ1) is 16.2. The predicted molar refractivity (Wildman–Crippen MR) is 90.8 cm³/mol. The van der Waals surface area contributed by atoms with Crippen molar-refractivity contribution in [3.8, 4) is 0 Å². The average Bonchev–Trinajstić information content (AvgIpc) is 2.49. The second-order valence-electron chi connectivity index (χ2n) is 4.57. The zero-order valence-electron chi connectivity index (χ0n) is 12.1. The van der Waals surface area contributed by atoms with E-state index in [1.807, 2.05) is 60.7 Å². The molecule has 0 fully saturated rings. The molecule has 2 rings (SSSR count). The lowest BCUT2D eigenvalue weighted by Crippen LogP contribution is -2.00. The summed E-state index contributed by atoms with van der Waals surface area (Å²) in [6, 6.07) is 19.2. The van der Waals surface area contributed by atoms with Gasteiger partial charge in [0.15, 0.2) is 0 Å². The maximum Gasteiger partial charge on any atom is 0.355 e. The van der Waals surface area contributed by atoms with E-state index in [-0.39, 0.29) is 0 Å². The molecule has 21 heavy (non-hydrogen) atoms. The topological polar surface area (TPSA) is 38.3 Å². The molecule has 0 radical (unpaired) electrons. The molecule has 1 unspecified atom stereocenters. The number of nitrogens with one attached hydrogen (secondary N) is 1. The van der Waals surface area contributed by atoms with Gasteiger partial charge in [0.25, 0.3) is 0 Å². The smallest absolute Gasteiger partial charge is 0.307 e. The predicted octanol–water partition coefficient (Wildman–Crippen LogP) is 5.82. The molecule has 1 N–H and O–H groups in total. The van der Waals surface area contributed by atoms with Crippen molar-refractivity contribution in [1.82, 2.24) is 0 Å². The highest BCUT2D eigenvalue weighted by Crippen LogP contribution is 2.62. The Kier molecular flexibility index (Phi) is 6.37. The van der Waals surface area contributed by atoms with E-state index >= 15 is 0 Å². The van der Waals surface area contributed by atoms with E-state index in [9.17, 15) is 4.57 Å².